The molecule has 0 fully saturated rings. The van der Waals surface area contributed by atoms with Crippen LogP contribution in [0.2, 0.25) is 0 Å². The van der Waals surface area contributed by atoms with E-state index in [2.05, 4.69) is 9.97 Å². The summed E-state index contributed by atoms with van der Waals surface area (Å²) in [4.78, 5) is 8.65. The van der Waals surface area contributed by atoms with Gasteiger partial charge in [-0.25, -0.2) is 18.2 Å². The molecule has 3 unspecified atom stereocenters. The number of nitrogens with zero attached hydrogens (tertiary/aromatic N) is 2. The first-order chi connectivity index (χ1) is 14.6. The van der Waals surface area contributed by atoms with E-state index in [1.807, 2.05) is 6.92 Å². The fourth-order valence-corrected chi connectivity index (χ4v) is 4.49. The Balaban J connectivity index is 1.96. The molecule has 1 aliphatic rings. The average molecular weight is 435 g/mol. The molecule has 1 aliphatic heterocycles. The molecular weight excluding hydrogens is 410 g/mol. The zero-order chi connectivity index (χ0) is 22.5. The number of aromatic amines is 1. The molecule has 0 amide bonds. The Kier molecular flexibility index (Phi) is 5.55. The lowest BCUT2D eigenvalue weighted by atomic mass is 9.87. The topological polar surface area (TPSA) is 52.2 Å². The van der Waals surface area contributed by atoms with Gasteiger partial charge in [0.1, 0.15) is 17.3 Å². The third kappa shape index (κ3) is 3.83. The molecule has 166 valence electrons. The molecule has 0 bridgehead atoms. The molecular formula is C23H25F4N3O. The molecule has 31 heavy (non-hydrogen) atoms. The Hall–Kier alpha value is -2.45. The quantitative estimate of drug-likeness (QED) is 0.455. The van der Waals surface area contributed by atoms with Crippen molar-refractivity contribution in [1.82, 2.24) is 14.9 Å². The number of hydrogen-bond donors (Lipinski definition) is 2. The van der Waals surface area contributed by atoms with Gasteiger partial charge in [-0.1, -0.05) is 6.92 Å². The van der Waals surface area contributed by atoms with Crippen molar-refractivity contribution in [3.05, 3.63) is 64.4 Å². The first-order valence-electron chi connectivity index (χ1n) is 10.4. The molecule has 2 aromatic heterocycles. The van der Waals surface area contributed by atoms with Crippen molar-refractivity contribution in [2.24, 2.45) is 0 Å². The summed E-state index contributed by atoms with van der Waals surface area (Å²) in [6, 6.07) is 4.20. The number of pyridine rings is 1. The minimum atomic E-state index is -1.98. The van der Waals surface area contributed by atoms with Gasteiger partial charge in [0.05, 0.1) is 18.2 Å². The number of nitrogens with one attached hydrogen (secondary N) is 1. The van der Waals surface area contributed by atoms with Crippen molar-refractivity contribution < 1.29 is 22.7 Å². The lowest BCUT2D eigenvalue weighted by Crippen LogP contribution is -2.50. The lowest BCUT2D eigenvalue weighted by Gasteiger charge is -2.43. The summed E-state index contributed by atoms with van der Waals surface area (Å²) < 4.78 is 59.0. The summed E-state index contributed by atoms with van der Waals surface area (Å²) in [6.45, 7) is 3.86. The number of hydrogen-bond acceptors (Lipinski definition) is 3. The van der Waals surface area contributed by atoms with E-state index in [4.69, 9.17) is 0 Å². The van der Waals surface area contributed by atoms with Gasteiger partial charge in [-0.15, -0.1) is 0 Å². The molecule has 0 aliphatic carbocycles. The predicted octanol–water partition coefficient (Wildman–Crippen LogP) is 4.60. The van der Waals surface area contributed by atoms with Crippen LogP contribution in [0.4, 0.5) is 17.6 Å². The van der Waals surface area contributed by atoms with Crippen LogP contribution in [0, 0.1) is 17.6 Å². The maximum absolute atomic E-state index is 15.2. The summed E-state index contributed by atoms with van der Waals surface area (Å²) in [6.07, 6.45) is 0.839. The predicted molar refractivity (Wildman–Crippen MR) is 110 cm³/mol. The number of halogens is 4. The summed E-state index contributed by atoms with van der Waals surface area (Å²) >= 11 is 0. The van der Waals surface area contributed by atoms with E-state index in [1.54, 1.807) is 17.9 Å². The molecule has 0 saturated heterocycles. The maximum Gasteiger partial charge on any atom is 0.221 e. The van der Waals surface area contributed by atoms with Crippen LogP contribution >= 0.6 is 0 Å². The zero-order valence-corrected chi connectivity index (χ0v) is 17.6. The minimum absolute atomic E-state index is 0.243. The van der Waals surface area contributed by atoms with Gasteiger partial charge in [-0.3, -0.25) is 4.90 Å². The van der Waals surface area contributed by atoms with Crippen LogP contribution < -0.4 is 0 Å². The lowest BCUT2D eigenvalue weighted by molar-refractivity contribution is 0.0161. The molecule has 2 N–H and O–H groups in total. The van der Waals surface area contributed by atoms with Gasteiger partial charge >= 0.3 is 0 Å². The second-order valence-electron chi connectivity index (χ2n) is 8.56. The Morgan fingerprint density at radius 3 is 2.65 bits per heavy atom. The Morgan fingerprint density at radius 1 is 1.26 bits per heavy atom. The molecule has 3 heterocycles. The second-order valence-corrected chi connectivity index (χ2v) is 8.56. The van der Waals surface area contributed by atoms with Crippen LogP contribution in [-0.4, -0.2) is 44.8 Å². The van der Waals surface area contributed by atoms with E-state index in [1.165, 1.54) is 25.1 Å². The second kappa shape index (κ2) is 7.91. The van der Waals surface area contributed by atoms with Crippen molar-refractivity contribution >= 4 is 10.9 Å². The third-order valence-corrected chi connectivity index (χ3v) is 6.06. The van der Waals surface area contributed by atoms with Gasteiger partial charge in [0.2, 0.25) is 5.95 Å². The fourth-order valence-electron chi connectivity index (χ4n) is 4.49. The molecule has 3 atom stereocenters. The number of aromatic nitrogens is 2. The van der Waals surface area contributed by atoms with Crippen LogP contribution in [0.15, 0.2) is 24.3 Å². The SMILES string of the molecule is CCc1cc(F)c(C2c3[nH]c4cc(F)ccc4c3CC(C)N2CC(C)(F)CO)c(F)n1. The Labute approximate surface area is 177 Å². The number of benzene rings is 1. The molecule has 0 saturated carbocycles. The number of aliphatic hydroxyl groups is 1. The van der Waals surface area contributed by atoms with E-state index in [9.17, 15) is 13.9 Å². The number of aliphatic hydroxyl groups excluding tert-OH is 1. The summed E-state index contributed by atoms with van der Waals surface area (Å²) in [5.41, 5.74) is -0.188. The zero-order valence-electron chi connectivity index (χ0n) is 17.6. The highest BCUT2D eigenvalue weighted by molar-refractivity contribution is 5.85. The number of aryl methyl sites for hydroxylation is 1. The van der Waals surface area contributed by atoms with Gasteiger partial charge in [0, 0.05) is 34.9 Å². The van der Waals surface area contributed by atoms with Crippen LogP contribution in [0.5, 0.6) is 0 Å². The smallest absolute Gasteiger partial charge is 0.221 e. The van der Waals surface area contributed by atoms with Gasteiger partial charge in [0.25, 0.3) is 0 Å². The van der Waals surface area contributed by atoms with Gasteiger partial charge in [-0.2, -0.15) is 4.39 Å². The number of rotatable bonds is 5. The van der Waals surface area contributed by atoms with Crippen molar-refractivity contribution in [2.75, 3.05) is 13.2 Å². The highest BCUT2D eigenvalue weighted by Crippen LogP contribution is 2.43. The van der Waals surface area contributed by atoms with E-state index in [0.29, 0.717) is 24.1 Å². The summed E-state index contributed by atoms with van der Waals surface area (Å²) in [7, 11) is 0. The largest absolute Gasteiger partial charge is 0.393 e. The first-order valence-corrected chi connectivity index (χ1v) is 10.4. The highest BCUT2D eigenvalue weighted by Gasteiger charge is 2.42. The Bertz CT molecular complexity index is 1100. The van der Waals surface area contributed by atoms with E-state index >= 15 is 8.78 Å². The van der Waals surface area contributed by atoms with Crippen molar-refractivity contribution in [1.29, 1.82) is 0 Å². The van der Waals surface area contributed by atoms with Gasteiger partial charge in [-0.05, 0) is 56.5 Å². The molecule has 8 heteroatoms. The van der Waals surface area contributed by atoms with Crippen molar-refractivity contribution in [3.8, 4) is 0 Å². The molecule has 4 rings (SSSR count). The minimum Gasteiger partial charge on any atom is -0.393 e. The molecule has 3 aromatic rings. The number of alkyl halides is 1. The highest BCUT2D eigenvalue weighted by atomic mass is 19.1. The molecule has 4 nitrogen and oxygen atoms in total. The van der Waals surface area contributed by atoms with E-state index in [0.717, 1.165) is 10.9 Å². The van der Waals surface area contributed by atoms with Crippen molar-refractivity contribution in [2.45, 2.75) is 51.4 Å². The monoisotopic (exact) mass is 435 g/mol. The summed E-state index contributed by atoms with van der Waals surface area (Å²) in [5.74, 6) is -2.16. The maximum atomic E-state index is 15.2. The fraction of sp³-hybridized carbons (Fsp3) is 0.435. The van der Waals surface area contributed by atoms with Crippen LogP contribution in [-0.2, 0) is 12.8 Å². The van der Waals surface area contributed by atoms with Crippen molar-refractivity contribution in [3.63, 3.8) is 0 Å². The molecule has 1 aromatic carbocycles. The van der Waals surface area contributed by atoms with Crippen LogP contribution in [0.25, 0.3) is 10.9 Å². The van der Waals surface area contributed by atoms with Crippen LogP contribution in [0.1, 0.15) is 49.3 Å². The average Bonchev–Trinajstić information content (AvgIpc) is 3.06. The van der Waals surface area contributed by atoms with Gasteiger partial charge in [0.15, 0.2) is 0 Å². The third-order valence-electron chi connectivity index (χ3n) is 6.06. The number of fused-ring (bicyclic) bond motifs is 3. The first kappa shape index (κ1) is 21.8. The molecule has 0 spiro atoms. The van der Waals surface area contributed by atoms with Gasteiger partial charge < -0.3 is 10.1 Å². The molecule has 0 radical (unpaired) electrons. The van der Waals surface area contributed by atoms with E-state index < -0.39 is 35.9 Å². The normalized spacial score (nSPS) is 21.3. The number of H-pyrrole nitrogens is 1. The standard InChI is InChI=1S/C23H25F4N3O/c1-4-14-9-17(25)19(22(26)28-14)21-20-16(15-6-5-13(24)8-18(15)29-20)7-12(2)30(21)10-23(3,27)11-31/h5-6,8-9,12,21,29,31H,4,7,10-11H2,1-3H3. The van der Waals surface area contributed by atoms with Crippen LogP contribution in [0.3, 0.4) is 0 Å². The summed E-state index contributed by atoms with van der Waals surface area (Å²) in [5, 5.41) is 10.2. The van der Waals surface area contributed by atoms with E-state index in [-0.39, 0.29) is 23.8 Å². The Morgan fingerprint density at radius 2 is 2.00 bits per heavy atom.